The minimum Gasteiger partial charge on any atom is -0.393 e. The van der Waals surface area contributed by atoms with Gasteiger partial charge in [0.15, 0.2) is 0 Å². The van der Waals surface area contributed by atoms with E-state index in [1.54, 1.807) is 0 Å². The number of hydrogen-bond donors (Lipinski definition) is 1. The molecule has 1 nitrogen and oxygen atoms in total. The zero-order valence-corrected chi connectivity index (χ0v) is 21.9. The highest BCUT2D eigenvalue weighted by molar-refractivity contribution is 5.35. The van der Waals surface area contributed by atoms with Crippen LogP contribution in [0, 0.1) is 56.7 Å². The van der Waals surface area contributed by atoms with Crippen LogP contribution in [-0.4, -0.2) is 11.2 Å². The second-order valence-electron chi connectivity index (χ2n) is 14.6. The molecule has 4 saturated carbocycles. The molecule has 0 saturated heterocycles. The molecular formula is C30H50O. The molecular weight excluding hydrogens is 376 g/mol. The van der Waals surface area contributed by atoms with Gasteiger partial charge in [-0.15, -0.1) is 0 Å². The van der Waals surface area contributed by atoms with Gasteiger partial charge in [-0.25, -0.2) is 0 Å². The summed E-state index contributed by atoms with van der Waals surface area (Å²) in [6.07, 6.45) is 14.6. The molecule has 0 aromatic rings. The molecule has 1 N–H and O–H groups in total. The molecule has 5 aliphatic rings. The SMILES string of the molecule is CC(C)[C@@]12CC=C3[C@]4(C)CC[C@H]5C(C)(C)[C@@H](O)CC[C@]5(C)[C@H]4CC[C@@]3(C)[C@@H]1[C@@H](C)CC2. The number of fused-ring (bicyclic) bond motifs is 7. The van der Waals surface area contributed by atoms with Crippen molar-refractivity contribution < 1.29 is 5.11 Å². The van der Waals surface area contributed by atoms with Crippen molar-refractivity contribution in [3.63, 3.8) is 0 Å². The van der Waals surface area contributed by atoms with Crippen LogP contribution in [0.4, 0.5) is 0 Å². The van der Waals surface area contributed by atoms with Crippen molar-refractivity contribution >= 4 is 0 Å². The number of allylic oxidation sites excluding steroid dienone is 2. The molecule has 5 rings (SSSR count). The number of aliphatic hydroxyl groups is 1. The van der Waals surface area contributed by atoms with Gasteiger partial charge in [0.1, 0.15) is 0 Å². The fraction of sp³-hybridized carbons (Fsp3) is 0.933. The third kappa shape index (κ3) is 2.60. The topological polar surface area (TPSA) is 20.2 Å². The Labute approximate surface area is 192 Å². The van der Waals surface area contributed by atoms with E-state index in [9.17, 15) is 5.11 Å². The predicted molar refractivity (Wildman–Crippen MR) is 131 cm³/mol. The third-order valence-electron chi connectivity index (χ3n) is 13.0. The van der Waals surface area contributed by atoms with Crippen LogP contribution in [0.15, 0.2) is 11.6 Å². The van der Waals surface area contributed by atoms with E-state index >= 15 is 0 Å². The summed E-state index contributed by atoms with van der Waals surface area (Å²) in [5, 5.41) is 10.9. The Morgan fingerprint density at radius 1 is 0.839 bits per heavy atom. The van der Waals surface area contributed by atoms with Crippen molar-refractivity contribution in [1.29, 1.82) is 0 Å². The van der Waals surface area contributed by atoms with Gasteiger partial charge in [-0.1, -0.05) is 67.0 Å². The summed E-state index contributed by atoms with van der Waals surface area (Å²) in [4.78, 5) is 0. The molecule has 0 spiro atoms. The third-order valence-corrected chi connectivity index (χ3v) is 13.0. The quantitative estimate of drug-likeness (QED) is 0.421. The summed E-state index contributed by atoms with van der Waals surface area (Å²) >= 11 is 0. The minimum absolute atomic E-state index is 0.0583. The Hall–Kier alpha value is -0.300. The van der Waals surface area contributed by atoms with Gasteiger partial charge in [0.05, 0.1) is 6.10 Å². The molecule has 0 aromatic carbocycles. The largest absolute Gasteiger partial charge is 0.393 e. The zero-order chi connectivity index (χ0) is 22.6. The highest BCUT2D eigenvalue weighted by atomic mass is 16.3. The Balaban J connectivity index is 1.58. The fourth-order valence-electron chi connectivity index (χ4n) is 11.6. The van der Waals surface area contributed by atoms with E-state index in [-0.39, 0.29) is 11.5 Å². The molecule has 5 aliphatic carbocycles. The maximum Gasteiger partial charge on any atom is 0.0594 e. The summed E-state index contributed by atoms with van der Waals surface area (Å²) in [6, 6.07) is 0. The summed E-state index contributed by atoms with van der Waals surface area (Å²) < 4.78 is 0. The summed E-state index contributed by atoms with van der Waals surface area (Å²) in [6.45, 7) is 20.4. The lowest BCUT2D eigenvalue weighted by atomic mass is 9.35. The first-order chi connectivity index (χ1) is 14.3. The standard InChI is InChI=1S/C30H50O/c1-19(2)30-17-9-20(3)25(30)29(8)15-11-22-27(6)16-13-24(31)26(4,5)21(27)10-14-28(22,7)23(29)12-18-30/h12,19-22,24-25,31H,9-11,13-18H2,1-8H3/t20-,21-,22+,24-,25-,27-,28+,29+,30+/m0/s1. The van der Waals surface area contributed by atoms with Gasteiger partial charge in [-0.2, -0.15) is 0 Å². The van der Waals surface area contributed by atoms with E-state index in [0.717, 1.165) is 30.1 Å². The minimum atomic E-state index is -0.122. The number of aliphatic hydroxyl groups excluding tert-OH is 1. The highest BCUT2D eigenvalue weighted by Gasteiger charge is 2.68. The Morgan fingerprint density at radius 3 is 2.16 bits per heavy atom. The van der Waals surface area contributed by atoms with E-state index in [2.05, 4.69) is 61.5 Å². The Morgan fingerprint density at radius 2 is 1.48 bits per heavy atom. The van der Waals surface area contributed by atoms with E-state index in [1.807, 2.05) is 5.57 Å². The van der Waals surface area contributed by atoms with Crippen molar-refractivity contribution in [1.82, 2.24) is 0 Å². The first kappa shape index (κ1) is 22.5. The lowest BCUT2D eigenvalue weighted by Crippen LogP contribution is -2.63. The molecule has 0 radical (unpaired) electrons. The zero-order valence-electron chi connectivity index (χ0n) is 21.9. The highest BCUT2D eigenvalue weighted by Crippen LogP contribution is 2.76. The van der Waals surface area contributed by atoms with Gasteiger partial charge in [-0.05, 0) is 114 Å². The molecule has 0 heterocycles. The van der Waals surface area contributed by atoms with Gasteiger partial charge >= 0.3 is 0 Å². The predicted octanol–water partition coefficient (Wildman–Crippen LogP) is 8.02. The molecule has 0 aromatic heterocycles. The van der Waals surface area contributed by atoms with Crippen LogP contribution in [0.25, 0.3) is 0 Å². The molecule has 0 bridgehead atoms. The van der Waals surface area contributed by atoms with Crippen LogP contribution < -0.4 is 0 Å². The van der Waals surface area contributed by atoms with Gasteiger partial charge < -0.3 is 5.11 Å². The van der Waals surface area contributed by atoms with Crippen LogP contribution in [0.1, 0.15) is 113 Å². The maximum atomic E-state index is 10.9. The van der Waals surface area contributed by atoms with Crippen LogP contribution in [0.2, 0.25) is 0 Å². The first-order valence-electron chi connectivity index (χ1n) is 13.7. The molecule has 9 atom stereocenters. The fourth-order valence-corrected chi connectivity index (χ4v) is 11.6. The second-order valence-corrected chi connectivity index (χ2v) is 14.6. The van der Waals surface area contributed by atoms with Crippen molar-refractivity contribution in [3.05, 3.63) is 11.6 Å². The maximum absolute atomic E-state index is 10.9. The average molecular weight is 427 g/mol. The van der Waals surface area contributed by atoms with Crippen molar-refractivity contribution in [3.8, 4) is 0 Å². The van der Waals surface area contributed by atoms with Crippen LogP contribution in [0.5, 0.6) is 0 Å². The number of rotatable bonds is 1. The van der Waals surface area contributed by atoms with E-state index < -0.39 is 0 Å². The van der Waals surface area contributed by atoms with Crippen molar-refractivity contribution in [2.24, 2.45) is 56.7 Å². The van der Waals surface area contributed by atoms with E-state index in [4.69, 9.17) is 0 Å². The molecule has 0 amide bonds. The monoisotopic (exact) mass is 426 g/mol. The van der Waals surface area contributed by atoms with Crippen molar-refractivity contribution in [2.45, 2.75) is 119 Å². The van der Waals surface area contributed by atoms with Crippen LogP contribution in [-0.2, 0) is 0 Å². The van der Waals surface area contributed by atoms with Gasteiger partial charge in [0, 0.05) is 0 Å². The molecule has 0 aliphatic heterocycles. The lowest BCUT2D eigenvalue weighted by molar-refractivity contribution is -0.182. The summed E-state index contributed by atoms with van der Waals surface area (Å²) in [5.41, 5.74) is 3.63. The first-order valence-corrected chi connectivity index (χ1v) is 13.7. The number of hydrogen-bond acceptors (Lipinski definition) is 1. The summed E-state index contributed by atoms with van der Waals surface area (Å²) in [5.74, 6) is 3.97. The average Bonchev–Trinajstić information content (AvgIpc) is 3.04. The molecule has 176 valence electrons. The molecule has 0 unspecified atom stereocenters. The summed E-state index contributed by atoms with van der Waals surface area (Å²) in [7, 11) is 0. The van der Waals surface area contributed by atoms with E-state index in [1.165, 1.54) is 51.4 Å². The van der Waals surface area contributed by atoms with Crippen LogP contribution in [0.3, 0.4) is 0 Å². The normalized spacial score (nSPS) is 55.7. The van der Waals surface area contributed by atoms with Gasteiger partial charge in [-0.3, -0.25) is 0 Å². The molecule has 1 heteroatoms. The Kier molecular flexibility index (Phi) is 4.82. The van der Waals surface area contributed by atoms with E-state index in [0.29, 0.717) is 27.6 Å². The van der Waals surface area contributed by atoms with Crippen molar-refractivity contribution in [2.75, 3.05) is 0 Å². The smallest absolute Gasteiger partial charge is 0.0594 e. The van der Waals surface area contributed by atoms with Gasteiger partial charge in [0.2, 0.25) is 0 Å². The molecule has 4 fully saturated rings. The van der Waals surface area contributed by atoms with Gasteiger partial charge in [0.25, 0.3) is 0 Å². The lowest BCUT2D eigenvalue weighted by Gasteiger charge is -2.69. The van der Waals surface area contributed by atoms with Crippen LogP contribution >= 0.6 is 0 Å². The second kappa shape index (κ2) is 6.64. The molecule has 31 heavy (non-hydrogen) atoms. The Bertz CT molecular complexity index is 777.